The summed E-state index contributed by atoms with van der Waals surface area (Å²) in [7, 11) is 0. The van der Waals surface area contributed by atoms with Gasteiger partial charge < -0.3 is 10.4 Å². The van der Waals surface area contributed by atoms with Gasteiger partial charge in [-0.15, -0.1) is 0 Å². The van der Waals surface area contributed by atoms with Gasteiger partial charge in [-0.1, -0.05) is 37.0 Å². The lowest BCUT2D eigenvalue weighted by Crippen LogP contribution is -2.38. The van der Waals surface area contributed by atoms with Gasteiger partial charge in [-0.25, -0.2) is 0 Å². The van der Waals surface area contributed by atoms with Crippen LogP contribution in [0.5, 0.6) is 0 Å². The van der Waals surface area contributed by atoms with Crippen LogP contribution in [0, 0.1) is 0 Å². The molecule has 2 nitrogen and oxygen atoms in total. The molecule has 114 valence electrons. The van der Waals surface area contributed by atoms with E-state index in [0.717, 1.165) is 19.4 Å². The van der Waals surface area contributed by atoms with Crippen molar-refractivity contribution in [1.29, 1.82) is 0 Å². The molecule has 0 fully saturated rings. The third kappa shape index (κ3) is 4.81. The molecule has 0 amide bonds. The maximum atomic E-state index is 10.2. The lowest BCUT2D eigenvalue weighted by molar-refractivity contribution is 0.173. The van der Waals surface area contributed by atoms with Crippen molar-refractivity contribution in [2.45, 2.75) is 37.5 Å². The summed E-state index contributed by atoms with van der Waals surface area (Å²) in [5.41, 5.74) is 0.675. The minimum atomic E-state index is -0.644. The minimum absolute atomic E-state index is 0.234. The Morgan fingerprint density at radius 1 is 1.30 bits per heavy atom. The second-order valence-corrected chi connectivity index (χ2v) is 7.02. The van der Waals surface area contributed by atoms with E-state index in [9.17, 15) is 5.11 Å². The zero-order valence-electron chi connectivity index (χ0n) is 12.2. The molecule has 0 aliphatic carbocycles. The molecule has 1 unspecified atom stereocenters. The molecular weight excluding hydrogens is 313 g/mol. The predicted octanol–water partition coefficient (Wildman–Crippen LogP) is 4.54. The number of halogens is 2. The fourth-order valence-electron chi connectivity index (χ4n) is 2.18. The van der Waals surface area contributed by atoms with Crippen molar-refractivity contribution in [1.82, 2.24) is 5.32 Å². The van der Waals surface area contributed by atoms with E-state index in [1.54, 1.807) is 18.2 Å². The summed E-state index contributed by atoms with van der Waals surface area (Å²) >= 11 is 13.9. The van der Waals surface area contributed by atoms with Crippen molar-refractivity contribution in [2.75, 3.05) is 19.3 Å². The SMILES string of the molecule is CCC(CC)(CNCC(O)c1cc(Cl)ccc1Cl)SC. The fourth-order valence-corrected chi connectivity index (χ4v) is 3.43. The van der Waals surface area contributed by atoms with Crippen LogP contribution in [0.15, 0.2) is 18.2 Å². The average Bonchev–Trinajstić information content (AvgIpc) is 2.46. The number of aliphatic hydroxyl groups is 1. The van der Waals surface area contributed by atoms with Gasteiger partial charge in [0.25, 0.3) is 0 Å². The van der Waals surface area contributed by atoms with E-state index in [1.165, 1.54) is 0 Å². The van der Waals surface area contributed by atoms with Crippen LogP contribution in [0.2, 0.25) is 10.0 Å². The van der Waals surface area contributed by atoms with E-state index in [1.807, 2.05) is 11.8 Å². The standard InChI is InChI=1S/C15H23Cl2NOS/c1-4-15(5-2,20-3)10-18-9-14(19)12-8-11(16)6-7-13(12)17/h6-8,14,18-19H,4-5,9-10H2,1-3H3. The smallest absolute Gasteiger partial charge is 0.0929 e. The summed E-state index contributed by atoms with van der Waals surface area (Å²) < 4.78 is 0.234. The van der Waals surface area contributed by atoms with Gasteiger partial charge in [0.1, 0.15) is 0 Å². The van der Waals surface area contributed by atoms with Crippen LogP contribution in [0.25, 0.3) is 0 Å². The van der Waals surface area contributed by atoms with Crippen molar-refractivity contribution in [3.63, 3.8) is 0 Å². The van der Waals surface area contributed by atoms with E-state index in [2.05, 4.69) is 25.4 Å². The molecule has 0 bridgehead atoms. The number of rotatable bonds is 8. The Bertz CT molecular complexity index is 416. The highest BCUT2D eigenvalue weighted by Crippen LogP contribution is 2.30. The highest BCUT2D eigenvalue weighted by molar-refractivity contribution is 8.00. The van der Waals surface area contributed by atoms with Gasteiger partial charge in [0.05, 0.1) is 6.10 Å². The zero-order chi connectivity index (χ0) is 15.2. The zero-order valence-corrected chi connectivity index (χ0v) is 14.6. The van der Waals surface area contributed by atoms with E-state index in [-0.39, 0.29) is 4.75 Å². The second-order valence-electron chi connectivity index (χ2n) is 4.91. The molecule has 20 heavy (non-hydrogen) atoms. The summed E-state index contributed by atoms with van der Waals surface area (Å²) in [5, 5.41) is 14.7. The summed E-state index contributed by atoms with van der Waals surface area (Å²) in [4.78, 5) is 0. The van der Waals surface area contributed by atoms with Gasteiger partial charge in [0, 0.05) is 33.4 Å². The van der Waals surface area contributed by atoms with Gasteiger partial charge in [-0.05, 0) is 37.3 Å². The number of hydrogen-bond acceptors (Lipinski definition) is 3. The van der Waals surface area contributed by atoms with Crippen LogP contribution < -0.4 is 5.32 Å². The molecule has 1 aromatic carbocycles. The molecule has 0 radical (unpaired) electrons. The predicted molar refractivity (Wildman–Crippen MR) is 91.1 cm³/mol. The molecule has 0 spiro atoms. The van der Waals surface area contributed by atoms with Crippen LogP contribution in [0.1, 0.15) is 38.4 Å². The van der Waals surface area contributed by atoms with E-state index in [4.69, 9.17) is 23.2 Å². The maximum absolute atomic E-state index is 10.2. The number of benzene rings is 1. The van der Waals surface area contributed by atoms with Crippen molar-refractivity contribution in [3.05, 3.63) is 33.8 Å². The number of nitrogens with one attached hydrogen (secondary N) is 1. The quantitative estimate of drug-likeness (QED) is 0.731. The average molecular weight is 336 g/mol. The topological polar surface area (TPSA) is 32.3 Å². The Labute approximate surface area is 136 Å². The van der Waals surface area contributed by atoms with E-state index < -0.39 is 6.10 Å². The fraction of sp³-hybridized carbons (Fsp3) is 0.600. The first-order valence-corrected chi connectivity index (χ1v) is 8.85. The number of hydrogen-bond donors (Lipinski definition) is 2. The highest BCUT2D eigenvalue weighted by atomic mass is 35.5. The van der Waals surface area contributed by atoms with Crippen LogP contribution in [-0.2, 0) is 0 Å². The third-order valence-electron chi connectivity index (χ3n) is 3.82. The van der Waals surface area contributed by atoms with Crippen molar-refractivity contribution in [2.24, 2.45) is 0 Å². The first-order chi connectivity index (χ1) is 9.48. The van der Waals surface area contributed by atoms with Crippen LogP contribution in [0.4, 0.5) is 0 Å². The highest BCUT2D eigenvalue weighted by Gasteiger charge is 2.24. The van der Waals surface area contributed by atoms with Gasteiger partial charge in [0.15, 0.2) is 0 Å². The number of aliphatic hydroxyl groups excluding tert-OH is 1. The van der Waals surface area contributed by atoms with E-state index >= 15 is 0 Å². The Kier molecular flexibility index (Phi) is 7.70. The van der Waals surface area contributed by atoms with Gasteiger partial charge in [0.2, 0.25) is 0 Å². The van der Waals surface area contributed by atoms with Crippen LogP contribution in [0.3, 0.4) is 0 Å². The normalized spacial score (nSPS) is 13.5. The van der Waals surface area contributed by atoms with Gasteiger partial charge in [-0.3, -0.25) is 0 Å². The molecule has 1 atom stereocenters. The van der Waals surface area contributed by atoms with Crippen LogP contribution in [-0.4, -0.2) is 29.2 Å². The largest absolute Gasteiger partial charge is 0.387 e. The molecule has 0 saturated carbocycles. The summed E-state index contributed by atoms with van der Waals surface area (Å²) in [6.07, 6.45) is 3.70. The Morgan fingerprint density at radius 3 is 2.50 bits per heavy atom. The summed E-state index contributed by atoms with van der Waals surface area (Å²) in [6, 6.07) is 5.16. The Balaban J connectivity index is 2.59. The van der Waals surface area contributed by atoms with E-state index in [0.29, 0.717) is 22.2 Å². The molecule has 2 N–H and O–H groups in total. The summed E-state index contributed by atoms with van der Waals surface area (Å²) in [6.45, 7) is 5.75. The molecule has 1 rings (SSSR count). The van der Waals surface area contributed by atoms with Crippen LogP contribution >= 0.6 is 35.0 Å². The lowest BCUT2D eigenvalue weighted by Gasteiger charge is -2.30. The Morgan fingerprint density at radius 2 is 1.95 bits per heavy atom. The third-order valence-corrected chi connectivity index (χ3v) is 5.99. The monoisotopic (exact) mass is 335 g/mol. The maximum Gasteiger partial charge on any atom is 0.0929 e. The van der Waals surface area contributed by atoms with Crippen molar-refractivity contribution >= 4 is 35.0 Å². The van der Waals surface area contributed by atoms with Gasteiger partial charge >= 0.3 is 0 Å². The lowest BCUT2D eigenvalue weighted by atomic mass is 10.0. The Hall–Kier alpha value is 0.0700. The minimum Gasteiger partial charge on any atom is -0.387 e. The second kappa shape index (κ2) is 8.50. The van der Waals surface area contributed by atoms with Crippen molar-refractivity contribution < 1.29 is 5.11 Å². The van der Waals surface area contributed by atoms with Gasteiger partial charge in [-0.2, -0.15) is 11.8 Å². The molecule has 0 heterocycles. The first kappa shape index (κ1) is 18.1. The molecule has 0 aliphatic heterocycles. The molecular formula is C15H23Cl2NOS. The number of thioether (sulfide) groups is 1. The molecule has 0 saturated heterocycles. The molecule has 5 heteroatoms. The summed E-state index contributed by atoms with van der Waals surface area (Å²) in [5.74, 6) is 0. The van der Waals surface area contributed by atoms with Crippen molar-refractivity contribution in [3.8, 4) is 0 Å². The molecule has 0 aliphatic rings. The first-order valence-electron chi connectivity index (χ1n) is 6.87. The molecule has 1 aromatic rings. The molecule has 0 aromatic heterocycles.